The van der Waals surface area contributed by atoms with Crippen LogP contribution in [0.5, 0.6) is 11.5 Å². The lowest BCUT2D eigenvalue weighted by Crippen LogP contribution is -2.29. The van der Waals surface area contributed by atoms with Gasteiger partial charge in [-0.25, -0.2) is 0 Å². The molecule has 2 heterocycles. The molecule has 0 bridgehead atoms. The summed E-state index contributed by atoms with van der Waals surface area (Å²) in [5.41, 5.74) is 2.57. The van der Waals surface area contributed by atoms with E-state index in [0.717, 1.165) is 24.8 Å². The Bertz CT molecular complexity index is 1500. The molecule has 1 amide bonds. The van der Waals surface area contributed by atoms with Crippen molar-refractivity contribution in [2.75, 3.05) is 11.5 Å². The van der Waals surface area contributed by atoms with Gasteiger partial charge in [-0.3, -0.25) is 19.5 Å². The number of aliphatic hydroxyl groups excluding tert-OH is 1. The standard InChI is InChI=1S/C34H32N2O5/c1-2-3-7-21-40-28-16-12-25(13-17-28)32(37)30-31(26-11-8-20-35-22-26)36(34(39)33(30)38)27-14-18-29(19-15-27)41-23-24-9-5-4-6-10-24/h4-6,8-20,22,31,37H,2-3,7,21,23H2,1H3/b32-30-. The number of ketones is 1. The van der Waals surface area contributed by atoms with Crippen LogP contribution in [-0.2, 0) is 16.2 Å². The van der Waals surface area contributed by atoms with Gasteiger partial charge in [0.25, 0.3) is 11.7 Å². The number of aliphatic hydroxyl groups is 1. The summed E-state index contributed by atoms with van der Waals surface area (Å²) < 4.78 is 11.7. The van der Waals surface area contributed by atoms with Crippen molar-refractivity contribution < 1.29 is 24.2 Å². The zero-order valence-corrected chi connectivity index (χ0v) is 22.9. The molecule has 1 aliphatic heterocycles. The molecule has 5 rings (SSSR count). The lowest BCUT2D eigenvalue weighted by molar-refractivity contribution is -0.132. The largest absolute Gasteiger partial charge is 0.507 e. The van der Waals surface area contributed by atoms with Crippen LogP contribution in [0.15, 0.2) is 109 Å². The number of aromatic nitrogens is 1. The normalized spacial score (nSPS) is 16.1. The number of hydrogen-bond acceptors (Lipinski definition) is 6. The van der Waals surface area contributed by atoms with E-state index in [4.69, 9.17) is 9.47 Å². The summed E-state index contributed by atoms with van der Waals surface area (Å²) in [6.07, 6.45) is 6.39. The Morgan fingerprint density at radius 2 is 1.56 bits per heavy atom. The highest BCUT2D eigenvalue weighted by molar-refractivity contribution is 6.51. The van der Waals surface area contributed by atoms with Crippen molar-refractivity contribution >= 4 is 23.1 Å². The fraction of sp³-hybridized carbons (Fsp3) is 0.206. The number of hydrogen-bond donors (Lipinski definition) is 1. The molecule has 1 aliphatic rings. The van der Waals surface area contributed by atoms with Gasteiger partial charge in [0.05, 0.1) is 18.2 Å². The number of pyridine rings is 1. The number of ether oxygens (including phenoxy) is 2. The molecule has 3 aromatic carbocycles. The maximum atomic E-state index is 13.4. The highest BCUT2D eigenvalue weighted by Gasteiger charge is 2.47. The van der Waals surface area contributed by atoms with Crippen LogP contribution in [0, 0.1) is 0 Å². The summed E-state index contributed by atoms with van der Waals surface area (Å²) in [5.74, 6) is -0.435. The second-order valence-electron chi connectivity index (χ2n) is 9.80. The van der Waals surface area contributed by atoms with Crippen LogP contribution in [0.3, 0.4) is 0 Å². The molecular formula is C34H32N2O5. The molecule has 1 saturated heterocycles. The Hall–Kier alpha value is -4.91. The molecule has 41 heavy (non-hydrogen) atoms. The number of Topliss-reactive ketones (excluding diaryl/α,β-unsaturated/α-hetero) is 1. The van der Waals surface area contributed by atoms with Gasteiger partial charge in [-0.15, -0.1) is 0 Å². The number of anilines is 1. The molecule has 1 atom stereocenters. The quantitative estimate of drug-likeness (QED) is 0.0954. The first-order valence-corrected chi connectivity index (χ1v) is 13.8. The molecule has 208 valence electrons. The van der Waals surface area contributed by atoms with Crippen molar-refractivity contribution in [1.29, 1.82) is 0 Å². The van der Waals surface area contributed by atoms with Gasteiger partial charge >= 0.3 is 0 Å². The molecule has 0 radical (unpaired) electrons. The van der Waals surface area contributed by atoms with Crippen LogP contribution in [0.4, 0.5) is 5.69 Å². The smallest absolute Gasteiger partial charge is 0.300 e. The molecular weight excluding hydrogens is 516 g/mol. The van der Waals surface area contributed by atoms with E-state index in [1.807, 2.05) is 30.3 Å². The first-order valence-electron chi connectivity index (χ1n) is 13.8. The summed E-state index contributed by atoms with van der Waals surface area (Å²) in [5, 5.41) is 11.4. The van der Waals surface area contributed by atoms with Gasteiger partial charge in [0.2, 0.25) is 0 Å². The number of amides is 1. The van der Waals surface area contributed by atoms with Gasteiger partial charge in [-0.2, -0.15) is 0 Å². The Balaban J connectivity index is 1.43. The van der Waals surface area contributed by atoms with Crippen LogP contribution in [0.2, 0.25) is 0 Å². The minimum absolute atomic E-state index is 0.00372. The average molecular weight is 549 g/mol. The predicted octanol–water partition coefficient (Wildman–Crippen LogP) is 6.86. The molecule has 0 spiro atoms. The summed E-state index contributed by atoms with van der Waals surface area (Å²) in [6.45, 7) is 3.15. The molecule has 0 saturated carbocycles. The maximum absolute atomic E-state index is 13.4. The fourth-order valence-electron chi connectivity index (χ4n) is 4.80. The van der Waals surface area contributed by atoms with Crippen LogP contribution in [-0.4, -0.2) is 28.4 Å². The molecule has 1 N–H and O–H groups in total. The molecule has 1 unspecified atom stereocenters. The summed E-state index contributed by atoms with van der Waals surface area (Å²) in [6, 6.07) is 26.4. The van der Waals surface area contributed by atoms with Crippen molar-refractivity contribution in [1.82, 2.24) is 4.98 Å². The number of benzene rings is 3. The summed E-state index contributed by atoms with van der Waals surface area (Å²) in [4.78, 5) is 32.4. The third kappa shape index (κ3) is 6.30. The van der Waals surface area contributed by atoms with E-state index in [-0.39, 0.29) is 11.3 Å². The monoisotopic (exact) mass is 548 g/mol. The van der Waals surface area contributed by atoms with Crippen molar-refractivity contribution in [3.63, 3.8) is 0 Å². The van der Waals surface area contributed by atoms with E-state index in [9.17, 15) is 14.7 Å². The van der Waals surface area contributed by atoms with Gasteiger partial charge in [-0.05, 0) is 72.1 Å². The third-order valence-electron chi connectivity index (χ3n) is 6.95. The number of unbranched alkanes of at least 4 members (excludes halogenated alkanes) is 2. The first-order chi connectivity index (χ1) is 20.1. The Morgan fingerprint density at radius 3 is 2.24 bits per heavy atom. The topological polar surface area (TPSA) is 89.0 Å². The van der Waals surface area contributed by atoms with Crippen molar-refractivity contribution in [2.24, 2.45) is 0 Å². The molecule has 7 nitrogen and oxygen atoms in total. The zero-order chi connectivity index (χ0) is 28.6. The van der Waals surface area contributed by atoms with Gasteiger partial charge in [0, 0.05) is 23.6 Å². The SMILES string of the molecule is CCCCCOc1ccc(/C(O)=C2/C(=O)C(=O)N(c3ccc(OCc4ccccc4)cc3)C2c2cccnc2)cc1. The lowest BCUT2D eigenvalue weighted by atomic mass is 9.96. The van der Waals surface area contributed by atoms with Gasteiger partial charge < -0.3 is 14.6 Å². The molecule has 1 aromatic heterocycles. The Kier molecular flexibility index (Phi) is 8.74. The minimum Gasteiger partial charge on any atom is -0.507 e. The van der Waals surface area contributed by atoms with Crippen LogP contribution in [0.25, 0.3) is 5.76 Å². The van der Waals surface area contributed by atoms with E-state index >= 15 is 0 Å². The van der Waals surface area contributed by atoms with Crippen LogP contribution >= 0.6 is 0 Å². The number of carbonyl (C=O) groups excluding carboxylic acids is 2. The highest BCUT2D eigenvalue weighted by atomic mass is 16.5. The lowest BCUT2D eigenvalue weighted by Gasteiger charge is -2.25. The molecule has 1 fully saturated rings. The predicted molar refractivity (Wildman–Crippen MR) is 158 cm³/mol. The fourth-order valence-corrected chi connectivity index (χ4v) is 4.80. The van der Waals surface area contributed by atoms with E-state index in [1.165, 1.54) is 4.90 Å². The van der Waals surface area contributed by atoms with Crippen molar-refractivity contribution in [2.45, 2.75) is 38.8 Å². The third-order valence-corrected chi connectivity index (χ3v) is 6.95. The Morgan fingerprint density at radius 1 is 0.854 bits per heavy atom. The number of rotatable bonds is 11. The van der Waals surface area contributed by atoms with E-state index in [1.54, 1.807) is 73.1 Å². The first kappa shape index (κ1) is 27.6. The summed E-state index contributed by atoms with van der Waals surface area (Å²) >= 11 is 0. The van der Waals surface area contributed by atoms with E-state index < -0.39 is 17.7 Å². The number of carbonyl (C=O) groups is 2. The number of nitrogens with zero attached hydrogens (tertiary/aromatic N) is 2. The summed E-state index contributed by atoms with van der Waals surface area (Å²) in [7, 11) is 0. The highest BCUT2D eigenvalue weighted by Crippen LogP contribution is 2.42. The second kappa shape index (κ2) is 13.0. The van der Waals surface area contributed by atoms with Gasteiger partial charge in [-0.1, -0.05) is 56.2 Å². The molecule has 0 aliphatic carbocycles. The van der Waals surface area contributed by atoms with Crippen molar-refractivity contribution in [3.8, 4) is 11.5 Å². The van der Waals surface area contributed by atoms with Crippen LogP contribution in [0.1, 0.15) is 48.9 Å². The van der Waals surface area contributed by atoms with Crippen LogP contribution < -0.4 is 14.4 Å². The van der Waals surface area contributed by atoms with Gasteiger partial charge in [0.15, 0.2) is 0 Å². The van der Waals surface area contributed by atoms with E-state index in [0.29, 0.717) is 41.5 Å². The Labute approximate surface area is 239 Å². The van der Waals surface area contributed by atoms with E-state index in [2.05, 4.69) is 11.9 Å². The second-order valence-corrected chi connectivity index (χ2v) is 9.80. The molecule has 4 aromatic rings. The van der Waals surface area contributed by atoms with Crippen molar-refractivity contribution in [3.05, 3.63) is 126 Å². The molecule has 7 heteroatoms. The minimum atomic E-state index is -0.857. The maximum Gasteiger partial charge on any atom is 0.300 e. The van der Waals surface area contributed by atoms with Gasteiger partial charge in [0.1, 0.15) is 23.9 Å². The average Bonchev–Trinajstić information content (AvgIpc) is 3.29. The zero-order valence-electron chi connectivity index (χ0n) is 22.9.